The molecule has 1 aliphatic heterocycles. The summed E-state index contributed by atoms with van der Waals surface area (Å²) in [4.78, 5) is 2.64. The first-order valence-corrected chi connectivity index (χ1v) is 10.9. The van der Waals surface area contributed by atoms with Gasteiger partial charge in [0.05, 0.1) is 6.61 Å². The average Bonchev–Trinajstić information content (AvgIpc) is 2.67. The molecule has 134 valence electrons. The molecule has 1 atom stereocenters. The largest absolute Gasteiger partial charge is 0.355 e. The number of alkyl halides is 1. The molecule has 1 aliphatic carbocycles. The van der Waals surface area contributed by atoms with Crippen LogP contribution in [0.15, 0.2) is 30.3 Å². The lowest BCUT2D eigenvalue weighted by atomic mass is 9.86. The standard InChI is InChI=1S/C21H32BrNO/c22-18-21(24-17-20-11-5-2-6-12-20)14-7-8-15-23(21)16-13-19-9-3-1-4-10-19/h2,5-6,11-12,19H,1,3-4,7-10,13-18H2. The predicted molar refractivity (Wildman–Crippen MR) is 104 cm³/mol. The molecule has 0 spiro atoms. The van der Waals surface area contributed by atoms with Crippen LogP contribution in [0.3, 0.4) is 0 Å². The first-order chi connectivity index (χ1) is 11.8. The number of hydrogen-bond donors (Lipinski definition) is 0. The predicted octanol–water partition coefficient (Wildman–Crippen LogP) is 5.75. The second-order valence-corrected chi connectivity index (χ2v) is 8.15. The van der Waals surface area contributed by atoms with E-state index in [1.807, 2.05) is 0 Å². The van der Waals surface area contributed by atoms with Gasteiger partial charge in [0.2, 0.25) is 0 Å². The smallest absolute Gasteiger partial charge is 0.131 e. The summed E-state index contributed by atoms with van der Waals surface area (Å²) in [6.07, 6.45) is 12.3. The molecule has 0 bridgehead atoms. The Morgan fingerprint density at radius 1 is 1.04 bits per heavy atom. The average molecular weight is 394 g/mol. The molecule has 2 nitrogen and oxygen atoms in total. The van der Waals surface area contributed by atoms with Crippen LogP contribution in [0.1, 0.15) is 63.4 Å². The first kappa shape index (κ1) is 18.4. The lowest BCUT2D eigenvalue weighted by molar-refractivity contribution is -0.167. The van der Waals surface area contributed by atoms with Crippen molar-refractivity contribution in [2.75, 3.05) is 18.4 Å². The van der Waals surface area contributed by atoms with Gasteiger partial charge in [0.15, 0.2) is 0 Å². The van der Waals surface area contributed by atoms with E-state index in [1.54, 1.807) is 0 Å². The van der Waals surface area contributed by atoms with Crippen LogP contribution in [0.5, 0.6) is 0 Å². The lowest BCUT2D eigenvalue weighted by Gasteiger charge is -2.46. The van der Waals surface area contributed by atoms with E-state index in [2.05, 4.69) is 51.2 Å². The fourth-order valence-electron chi connectivity index (χ4n) is 4.34. The third-order valence-corrected chi connectivity index (χ3v) is 6.79. The van der Waals surface area contributed by atoms with Crippen molar-refractivity contribution in [1.82, 2.24) is 4.90 Å². The van der Waals surface area contributed by atoms with Gasteiger partial charge in [0.1, 0.15) is 5.72 Å². The normalized spacial score (nSPS) is 26.5. The Hall–Kier alpha value is -0.380. The molecule has 1 aromatic rings. The quantitative estimate of drug-likeness (QED) is 0.546. The minimum atomic E-state index is -0.108. The highest BCUT2D eigenvalue weighted by atomic mass is 79.9. The minimum absolute atomic E-state index is 0.108. The van der Waals surface area contributed by atoms with Gasteiger partial charge in [0, 0.05) is 18.4 Å². The van der Waals surface area contributed by atoms with Gasteiger partial charge in [-0.3, -0.25) is 4.90 Å². The number of likely N-dealkylation sites (tertiary alicyclic amines) is 1. The van der Waals surface area contributed by atoms with Crippen molar-refractivity contribution in [3.8, 4) is 0 Å². The number of hydrogen-bond acceptors (Lipinski definition) is 2. The molecule has 3 heteroatoms. The van der Waals surface area contributed by atoms with Crippen molar-refractivity contribution in [1.29, 1.82) is 0 Å². The molecular formula is C21H32BrNO. The van der Waals surface area contributed by atoms with E-state index in [9.17, 15) is 0 Å². The van der Waals surface area contributed by atoms with Crippen molar-refractivity contribution in [3.05, 3.63) is 35.9 Å². The highest BCUT2D eigenvalue weighted by molar-refractivity contribution is 9.09. The van der Waals surface area contributed by atoms with Gasteiger partial charge in [0.25, 0.3) is 0 Å². The van der Waals surface area contributed by atoms with Crippen molar-refractivity contribution in [2.45, 2.75) is 70.1 Å². The van der Waals surface area contributed by atoms with E-state index < -0.39 is 0 Å². The Labute approximate surface area is 156 Å². The van der Waals surface area contributed by atoms with Gasteiger partial charge < -0.3 is 4.74 Å². The van der Waals surface area contributed by atoms with Gasteiger partial charge in [-0.15, -0.1) is 0 Å². The maximum atomic E-state index is 6.54. The number of piperidine rings is 1. The van der Waals surface area contributed by atoms with E-state index in [1.165, 1.54) is 70.0 Å². The number of ether oxygens (including phenoxy) is 1. The van der Waals surface area contributed by atoms with Gasteiger partial charge in [-0.25, -0.2) is 0 Å². The third-order valence-electron chi connectivity index (χ3n) is 5.91. The lowest BCUT2D eigenvalue weighted by Crippen LogP contribution is -2.55. The zero-order chi connectivity index (χ0) is 16.7. The highest BCUT2D eigenvalue weighted by Crippen LogP contribution is 2.34. The second kappa shape index (κ2) is 9.35. The Kier molecular flexibility index (Phi) is 7.18. The SMILES string of the molecule is BrCC1(OCc2ccccc2)CCCCN1CCC1CCCCC1. The Bertz CT molecular complexity index is 474. The minimum Gasteiger partial charge on any atom is -0.355 e. The van der Waals surface area contributed by atoms with Crippen LogP contribution >= 0.6 is 15.9 Å². The molecule has 24 heavy (non-hydrogen) atoms. The molecule has 0 N–H and O–H groups in total. The molecule has 0 radical (unpaired) electrons. The number of rotatable bonds is 7. The molecule has 2 aliphatic rings. The molecule has 1 unspecified atom stereocenters. The Balaban J connectivity index is 1.59. The zero-order valence-corrected chi connectivity index (χ0v) is 16.5. The molecular weight excluding hydrogens is 362 g/mol. The van der Waals surface area contributed by atoms with Gasteiger partial charge in [-0.2, -0.15) is 0 Å². The summed E-state index contributed by atoms with van der Waals surface area (Å²) in [5, 5.41) is 0.914. The van der Waals surface area contributed by atoms with Crippen LogP contribution in [-0.4, -0.2) is 29.0 Å². The molecule has 0 amide bonds. The maximum Gasteiger partial charge on any atom is 0.131 e. The Morgan fingerprint density at radius 2 is 1.83 bits per heavy atom. The van der Waals surface area contributed by atoms with E-state index >= 15 is 0 Å². The summed E-state index contributed by atoms with van der Waals surface area (Å²) in [7, 11) is 0. The Morgan fingerprint density at radius 3 is 2.58 bits per heavy atom. The zero-order valence-electron chi connectivity index (χ0n) is 14.9. The topological polar surface area (TPSA) is 12.5 Å². The van der Waals surface area contributed by atoms with E-state index in [0.29, 0.717) is 6.61 Å². The van der Waals surface area contributed by atoms with Crippen LogP contribution < -0.4 is 0 Å². The fraction of sp³-hybridized carbons (Fsp3) is 0.714. The van der Waals surface area contributed by atoms with E-state index in [-0.39, 0.29) is 5.72 Å². The summed E-state index contributed by atoms with van der Waals surface area (Å²) < 4.78 is 6.54. The van der Waals surface area contributed by atoms with Crippen molar-refractivity contribution in [2.24, 2.45) is 5.92 Å². The van der Waals surface area contributed by atoms with Crippen molar-refractivity contribution in [3.63, 3.8) is 0 Å². The van der Waals surface area contributed by atoms with Crippen molar-refractivity contribution >= 4 is 15.9 Å². The van der Waals surface area contributed by atoms with Crippen LogP contribution in [0.4, 0.5) is 0 Å². The van der Waals surface area contributed by atoms with E-state index in [0.717, 1.165) is 17.7 Å². The van der Waals surface area contributed by atoms with E-state index in [4.69, 9.17) is 4.74 Å². The molecule has 0 aromatic heterocycles. The third kappa shape index (κ3) is 4.83. The number of benzene rings is 1. The van der Waals surface area contributed by atoms with Gasteiger partial charge in [-0.05, 0) is 37.2 Å². The molecule has 1 saturated heterocycles. The van der Waals surface area contributed by atoms with Crippen LogP contribution in [0.2, 0.25) is 0 Å². The van der Waals surface area contributed by atoms with Gasteiger partial charge in [-0.1, -0.05) is 78.4 Å². The maximum absolute atomic E-state index is 6.54. The molecule has 1 aromatic carbocycles. The number of nitrogens with zero attached hydrogens (tertiary/aromatic N) is 1. The molecule has 1 heterocycles. The van der Waals surface area contributed by atoms with Crippen LogP contribution in [0.25, 0.3) is 0 Å². The summed E-state index contributed by atoms with van der Waals surface area (Å²) in [5.74, 6) is 0.947. The van der Waals surface area contributed by atoms with Crippen molar-refractivity contribution < 1.29 is 4.74 Å². The second-order valence-electron chi connectivity index (χ2n) is 7.59. The monoisotopic (exact) mass is 393 g/mol. The first-order valence-electron chi connectivity index (χ1n) is 9.81. The summed E-state index contributed by atoms with van der Waals surface area (Å²) in [6.45, 7) is 3.10. The van der Waals surface area contributed by atoms with Crippen LogP contribution in [-0.2, 0) is 11.3 Å². The molecule has 1 saturated carbocycles. The molecule has 2 fully saturated rings. The van der Waals surface area contributed by atoms with Gasteiger partial charge >= 0.3 is 0 Å². The number of halogens is 1. The molecule has 3 rings (SSSR count). The summed E-state index contributed by atoms with van der Waals surface area (Å²) in [5.41, 5.74) is 1.17. The summed E-state index contributed by atoms with van der Waals surface area (Å²) in [6, 6.07) is 10.6. The highest BCUT2D eigenvalue weighted by Gasteiger charge is 2.39. The van der Waals surface area contributed by atoms with Crippen LogP contribution in [0, 0.1) is 5.92 Å². The summed E-state index contributed by atoms with van der Waals surface area (Å²) >= 11 is 3.78. The fourth-order valence-corrected chi connectivity index (χ4v) is 5.14.